The largest absolute Gasteiger partial charge is 0.367 e. The fraction of sp³-hybridized carbons (Fsp3) is 0.231. The summed E-state index contributed by atoms with van der Waals surface area (Å²) in [7, 11) is 0. The van der Waals surface area contributed by atoms with Crippen LogP contribution in [-0.4, -0.2) is 22.4 Å². The summed E-state index contributed by atoms with van der Waals surface area (Å²) in [5, 5.41) is 2.87. The van der Waals surface area contributed by atoms with Gasteiger partial charge in [0.25, 0.3) is 5.91 Å². The van der Waals surface area contributed by atoms with E-state index in [1.54, 1.807) is 18.3 Å². The minimum absolute atomic E-state index is 0.0948. The highest BCUT2D eigenvalue weighted by Crippen LogP contribution is 2.02. The van der Waals surface area contributed by atoms with E-state index >= 15 is 0 Å². The molecule has 2 aromatic rings. The first kappa shape index (κ1) is 12.3. The Hall–Kier alpha value is -2.14. The molecule has 4 N–H and O–H groups in total. The van der Waals surface area contributed by atoms with Gasteiger partial charge in [0.05, 0.1) is 5.69 Å². The van der Waals surface area contributed by atoms with E-state index in [-0.39, 0.29) is 5.91 Å². The number of aromatic amines is 1. The number of aromatic nitrogens is 2. The lowest BCUT2D eigenvalue weighted by atomic mass is 10.2. The van der Waals surface area contributed by atoms with Crippen LogP contribution in [0.15, 0.2) is 36.8 Å². The van der Waals surface area contributed by atoms with Crippen molar-refractivity contribution in [3.63, 3.8) is 0 Å². The number of hydrogen-bond donors (Lipinski definition) is 3. The van der Waals surface area contributed by atoms with Crippen LogP contribution in [-0.2, 0) is 13.0 Å². The second-order valence-corrected chi connectivity index (χ2v) is 3.97. The molecule has 0 unspecified atom stereocenters. The summed E-state index contributed by atoms with van der Waals surface area (Å²) >= 11 is 0. The zero-order valence-corrected chi connectivity index (χ0v) is 10.0. The Labute approximate surface area is 105 Å². The molecule has 94 valence electrons. The molecule has 2 heterocycles. The molecule has 5 nitrogen and oxygen atoms in total. The van der Waals surface area contributed by atoms with Crippen molar-refractivity contribution >= 4 is 5.91 Å². The van der Waals surface area contributed by atoms with Crippen LogP contribution in [0.1, 0.15) is 21.6 Å². The Bertz CT molecular complexity index is 507. The van der Waals surface area contributed by atoms with Crippen molar-refractivity contribution in [2.45, 2.75) is 13.0 Å². The third-order valence-electron chi connectivity index (χ3n) is 2.65. The average molecular weight is 244 g/mol. The van der Waals surface area contributed by atoms with E-state index in [0.717, 1.165) is 6.42 Å². The summed E-state index contributed by atoms with van der Waals surface area (Å²) in [6.07, 6.45) is 6.20. The van der Waals surface area contributed by atoms with E-state index in [1.807, 2.05) is 18.5 Å². The van der Waals surface area contributed by atoms with E-state index in [2.05, 4.69) is 15.3 Å². The number of carbonyl (C=O) groups excluding carboxylic acids is 1. The molecule has 0 spiro atoms. The maximum atomic E-state index is 11.9. The SMILES string of the molecule is NCc1cc(C(=O)NCCc2cc[nH]c2)ccn1. The van der Waals surface area contributed by atoms with Crippen LogP contribution in [0.5, 0.6) is 0 Å². The highest BCUT2D eigenvalue weighted by atomic mass is 16.1. The minimum Gasteiger partial charge on any atom is -0.367 e. The quantitative estimate of drug-likeness (QED) is 0.728. The van der Waals surface area contributed by atoms with Gasteiger partial charge in [0.1, 0.15) is 0 Å². The molecule has 0 bridgehead atoms. The second-order valence-electron chi connectivity index (χ2n) is 3.97. The van der Waals surface area contributed by atoms with E-state index in [9.17, 15) is 4.79 Å². The summed E-state index contributed by atoms with van der Waals surface area (Å²) in [6.45, 7) is 0.946. The molecule has 0 atom stereocenters. The van der Waals surface area contributed by atoms with Gasteiger partial charge in [0, 0.05) is 37.2 Å². The van der Waals surface area contributed by atoms with Gasteiger partial charge in [-0.3, -0.25) is 9.78 Å². The van der Waals surface area contributed by atoms with Crippen LogP contribution in [0.4, 0.5) is 0 Å². The molecule has 2 aromatic heterocycles. The smallest absolute Gasteiger partial charge is 0.251 e. The Kier molecular flexibility index (Phi) is 4.09. The zero-order chi connectivity index (χ0) is 12.8. The summed E-state index contributed by atoms with van der Waals surface area (Å²) in [6, 6.07) is 5.39. The van der Waals surface area contributed by atoms with Gasteiger partial charge < -0.3 is 16.0 Å². The van der Waals surface area contributed by atoms with Crippen LogP contribution in [0.2, 0.25) is 0 Å². The average Bonchev–Trinajstić information content (AvgIpc) is 2.92. The number of H-pyrrole nitrogens is 1. The van der Waals surface area contributed by atoms with Gasteiger partial charge >= 0.3 is 0 Å². The molecule has 5 heteroatoms. The predicted molar refractivity (Wildman–Crippen MR) is 69.0 cm³/mol. The van der Waals surface area contributed by atoms with Gasteiger partial charge in [-0.25, -0.2) is 0 Å². The van der Waals surface area contributed by atoms with Crippen molar-refractivity contribution < 1.29 is 4.79 Å². The van der Waals surface area contributed by atoms with E-state index in [1.165, 1.54) is 5.56 Å². The van der Waals surface area contributed by atoms with Crippen LogP contribution >= 0.6 is 0 Å². The minimum atomic E-state index is -0.0948. The topological polar surface area (TPSA) is 83.8 Å². The number of hydrogen-bond acceptors (Lipinski definition) is 3. The number of amides is 1. The van der Waals surface area contributed by atoms with Crippen LogP contribution in [0.3, 0.4) is 0 Å². The van der Waals surface area contributed by atoms with Gasteiger partial charge in [0.2, 0.25) is 0 Å². The molecule has 0 radical (unpaired) electrons. The lowest BCUT2D eigenvalue weighted by Gasteiger charge is -2.05. The van der Waals surface area contributed by atoms with Gasteiger partial charge in [-0.2, -0.15) is 0 Å². The standard InChI is InChI=1S/C13H16N4O/c14-8-12-7-11(3-6-16-12)13(18)17-5-2-10-1-4-15-9-10/h1,3-4,6-7,9,15H,2,5,8,14H2,(H,17,18). The first-order chi connectivity index (χ1) is 8.79. The first-order valence-corrected chi connectivity index (χ1v) is 5.84. The summed E-state index contributed by atoms with van der Waals surface area (Å²) in [5.74, 6) is -0.0948. The number of nitrogens with zero attached hydrogens (tertiary/aromatic N) is 1. The fourth-order valence-electron chi connectivity index (χ4n) is 1.67. The Morgan fingerprint density at radius 3 is 3.06 bits per heavy atom. The predicted octanol–water partition coefficient (Wildman–Crippen LogP) is 0.841. The molecule has 0 saturated carbocycles. The summed E-state index contributed by atoms with van der Waals surface area (Å²) in [5.41, 5.74) is 7.97. The number of nitrogens with one attached hydrogen (secondary N) is 2. The molecule has 1 amide bonds. The number of carbonyl (C=O) groups is 1. The van der Waals surface area contributed by atoms with Crippen molar-refractivity contribution in [1.29, 1.82) is 0 Å². The highest BCUT2D eigenvalue weighted by molar-refractivity contribution is 5.94. The van der Waals surface area contributed by atoms with E-state index in [4.69, 9.17) is 5.73 Å². The molecule has 0 fully saturated rings. The van der Waals surface area contributed by atoms with Gasteiger partial charge in [-0.05, 0) is 30.2 Å². The summed E-state index contributed by atoms with van der Waals surface area (Å²) < 4.78 is 0. The number of rotatable bonds is 5. The van der Waals surface area contributed by atoms with Crippen molar-refractivity contribution in [3.8, 4) is 0 Å². The summed E-state index contributed by atoms with van der Waals surface area (Å²) in [4.78, 5) is 18.9. The first-order valence-electron chi connectivity index (χ1n) is 5.84. The Morgan fingerprint density at radius 1 is 1.44 bits per heavy atom. The second kappa shape index (κ2) is 5.97. The van der Waals surface area contributed by atoms with E-state index < -0.39 is 0 Å². The fourth-order valence-corrected chi connectivity index (χ4v) is 1.67. The van der Waals surface area contributed by atoms with Crippen molar-refractivity contribution in [2.75, 3.05) is 6.54 Å². The molecular formula is C13H16N4O. The zero-order valence-electron chi connectivity index (χ0n) is 10.0. The van der Waals surface area contributed by atoms with Gasteiger partial charge in [-0.1, -0.05) is 0 Å². The Morgan fingerprint density at radius 2 is 2.33 bits per heavy atom. The lowest BCUT2D eigenvalue weighted by Crippen LogP contribution is -2.25. The van der Waals surface area contributed by atoms with Gasteiger partial charge in [-0.15, -0.1) is 0 Å². The lowest BCUT2D eigenvalue weighted by molar-refractivity contribution is 0.0954. The van der Waals surface area contributed by atoms with Crippen molar-refractivity contribution in [3.05, 3.63) is 53.6 Å². The maximum Gasteiger partial charge on any atom is 0.251 e. The van der Waals surface area contributed by atoms with Crippen molar-refractivity contribution in [2.24, 2.45) is 5.73 Å². The third-order valence-corrected chi connectivity index (χ3v) is 2.65. The van der Waals surface area contributed by atoms with Gasteiger partial charge in [0.15, 0.2) is 0 Å². The molecule has 0 aliphatic carbocycles. The third kappa shape index (κ3) is 3.18. The monoisotopic (exact) mass is 244 g/mol. The molecule has 2 rings (SSSR count). The molecule has 0 aliphatic rings. The Balaban J connectivity index is 1.87. The van der Waals surface area contributed by atoms with Crippen LogP contribution in [0.25, 0.3) is 0 Å². The molecular weight excluding hydrogens is 228 g/mol. The maximum absolute atomic E-state index is 11.9. The highest BCUT2D eigenvalue weighted by Gasteiger charge is 2.05. The molecule has 0 aromatic carbocycles. The number of pyridine rings is 1. The van der Waals surface area contributed by atoms with Crippen LogP contribution < -0.4 is 11.1 Å². The molecule has 0 aliphatic heterocycles. The van der Waals surface area contributed by atoms with Crippen LogP contribution in [0, 0.1) is 0 Å². The molecule has 18 heavy (non-hydrogen) atoms. The van der Waals surface area contributed by atoms with Crippen molar-refractivity contribution in [1.82, 2.24) is 15.3 Å². The molecule has 0 saturated heterocycles. The normalized spacial score (nSPS) is 10.3. The number of nitrogens with two attached hydrogens (primary N) is 1. The van der Waals surface area contributed by atoms with E-state index in [0.29, 0.717) is 24.3 Å².